The predicted octanol–water partition coefficient (Wildman–Crippen LogP) is 3.79. The van der Waals surface area contributed by atoms with Crippen molar-refractivity contribution in [2.45, 2.75) is 64.3 Å². The first-order valence-electron chi connectivity index (χ1n) is 10.3. The molecule has 1 aliphatic heterocycles. The summed E-state index contributed by atoms with van der Waals surface area (Å²) in [7, 11) is -3.49. The van der Waals surface area contributed by atoms with Gasteiger partial charge in [0.15, 0.2) is 0 Å². The lowest BCUT2D eigenvalue weighted by Crippen LogP contribution is -2.30. The molecule has 0 N–H and O–H groups in total. The van der Waals surface area contributed by atoms with Crippen LogP contribution in [0.15, 0.2) is 23.1 Å². The Bertz CT molecular complexity index is 918. The molecule has 0 bridgehead atoms. The van der Waals surface area contributed by atoms with E-state index in [0.29, 0.717) is 23.9 Å². The molecule has 0 saturated carbocycles. The summed E-state index contributed by atoms with van der Waals surface area (Å²) >= 11 is 0. The number of hydrogen-bond acceptors (Lipinski definition) is 4. The maximum absolute atomic E-state index is 12.9. The Morgan fingerprint density at radius 2 is 1.82 bits per heavy atom. The van der Waals surface area contributed by atoms with E-state index in [9.17, 15) is 8.42 Å². The van der Waals surface area contributed by atoms with E-state index in [2.05, 4.69) is 25.3 Å². The average Bonchev–Trinajstić information content (AvgIpc) is 3.01. The summed E-state index contributed by atoms with van der Waals surface area (Å²) in [5.74, 6) is 1.57. The Labute approximate surface area is 168 Å². The molecule has 2 heterocycles. The zero-order valence-corrected chi connectivity index (χ0v) is 18.6. The molecule has 156 valence electrons. The summed E-state index contributed by atoms with van der Waals surface area (Å²) in [5.41, 5.74) is 1.64. The number of fused-ring (bicyclic) bond motifs is 1. The van der Waals surface area contributed by atoms with Gasteiger partial charge < -0.3 is 9.30 Å². The Balaban J connectivity index is 2.07. The fourth-order valence-corrected chi connectivity index (χ4v) is 5.41. The van der Waals surface area contributed by atoms with Crippen LogP contribution in [0.4, 0.5) is 0 Å². The van der Waals surface area contributed by atoms with Gasteiger partial charge in [-0.05, 0) is 37.0 Å². The molecule has 2 aromatic rings. The van der Waals surface area contributed by atoms with Crippen LogP contribution in [-0.2, 0) is 26.7 Å². The van der Waals surface area contributed by atoms with Crippen molar-refractivity contribution in [2.24, 2.45) is 5.92 Å². The zero-order chi connectivity index (χ0) is 20.5. The zero-order valence-electron chi connectivity index (χ0n) is 17.7. The summed E-state index contributed by atoms with van der Waals surface area (Å²) < 4.78 is 35.1. The Morgan fingerprint density at radius 1 is 1.18 bits per heavy atom. The van der Waals surface area contributed by atoms with Gasteiger partial charge in [-0.3, -0.25) is 0 Å². The monoisotopic (exact) mass is 407 g/mol. The Kier molecular flexibility index (Phi) is 6.17. The average molecular weight is 408 g/mol. The van der Waals surface area contributed by atoms with Gasteiger partial charge in [-0.2, -0.15) is 4.31 Å². The Morgan fingerprint density at radius 3 is 2.39 bits per heavy atom. The van der Waals surface area contributed by atoms with Gasteiger partial charge >= 0.3 is 0 Å². The lowest BCUT2D eigenvalue weighted by Gasteiger charge is -2.26. The van der Waals surface area contributed by atoms with Crippen LogP contribution in [0.3, 0.4) is 0 Å². The molecule has 1 fully saturated rings. The van der Waals surface area contributed by atoms with E-state index in [1.807, 2.05) is 19.9 Å². The highest BCUT2D eigenvalue weighted by Crippen LogP contribution is 2.30. The molecule has 28 heavy (non-hydrogen) atoms. The SMILES string of the molecule is CCN(CC)S(=O)(=O)c1ccc2c(c1)nc(C(C)(C)C)n2CC1CCOCC1. The molecule has 1 aromatic heterocycles. The lowest BCUT2D eigenvalue weighted by molar-refractivity contribution is 0.0611. The van der Waals surface area contributed by atoms with E-state index in [-0.39, 0.29) is 5.41 Å². The molecular weight excluding hydrogens is 374 g/mol. The lowest BCUT2D eigenvalue weighted by atomic mass is 9.94. The number of sulfonamides is 1. The van der Waals surface area contributed by atoms with Gasteiger partial charge in [0, 0.05) is 38.3 Å². The van der Waals surface area contributed by atoms with Gasteiger partial charge in [0.1, 0.15) is 5.82 Å². The van der Waals surface area contributed by atoms with Crippen LogP contribution in [0.25, 0.3) is 11.0 Å². The van der Waals surface area contributed by atoms with Gasteiger partial charge in [0.2, 0.25) is 10.0 Å². The van der Waals surface area contributed by atoms with E-state index in [0.717, 1.165) is 49.5 Å². The smallest absolute Gasteiger partial charge is 0.243 e. The second kappa shape index (κ2) is 8.13. The number of nitrogens with zero attached hydrogens (tertiary/aromatic N) is 3. The molecule has 0 aliphatic carbocycles. The second-order valence-electron chi connectivity index (χ2n) is 8.59. The molecule has 1 aliphatic rings. The number of aromatic nitrogens is 2. The van der Waals surface area contributed by atoms with Crippen LogP contribution in [0.5, 0.6) is 0 Å². The summed E-state index contributed by atoms with van der Waals surface area (Å²) in [4.78, 5) is 5.20. The molecule has 1 saturated heterocycles. The molecule has 0 atom stereocenters. The number of ether oxygens (including phenoxy) is 1. The second-order valence-corrected chi connectivity index (χ2v) is 10.5. The highest BCUT2D eigenvalue weighted by molar-refractivity contribution is 7.89. The summed E-state index contributed by atoms with van der Waals surface area (Å²) in [5, 5.41) is 0. The van der Waals surface area contributed by atoms with Crippen molar-refractivity contribution in [3.63, 3.8) is 0 Å². The first-order valence-corrected chi connectivity index (χ1v) is 11.7. The van der Waals surface area contributed by atoms with E-state index >= 15 is 0 Å². The minimum Gasteiger partial charge on any atom is -0.381 e. The highest BCUT2D eigenvalue weighted by atomic mass is 32.2. The predicted molar refractivity (Wildman–Crippen MR) is 112 cm³/mol. The van der Waals surface area contributed by atoms with Gasteiger partial charge in [0.25, 0.3) is 0 Å². The molecule has 7 heteroatoms. The van der Waals surface area contributed by atoms with Crippen molar-refractivity contribution in [1.29, 1.82) is 0 Å². The summed E-state index contributed by atoms with van der Waals surface area (Å²) in [6.45, 7) is 13.6. The first kappa shape index (κ1) is 21.3. The number of hydrogen-bond donors (Lipinski definition) is 0. The number of imidazole rings is 1. The molecule has 6 nitrogen and oxygen atoms in total. The van der Waals surface area contributed by atoms with Crippen molar-refractivity contribution in [1.82, 2.24) is 13.9 Å². The van der Waals surface area contributed by atoms with Crippen molar-refractivity contribution in [2.75, 3.05) is 26.3 Å². The third-order valence-corrected chi connectivity index (χ3v) is 7.56. The first-order chi connectivity index (χ1) is 13.2. The minimum absolute atomic E-state index is 0.123. The standard InChI is InChI=1S/C21H33N3O3S/c1-6-23(7-2)28(25,26)17-8-9-19-18(14-17)22-20(21(3,4)5)24(19)15-16-10-12-27-13-11-16/h8-9,14,16H,6-7,10-13,15H2,1-5H3. The molecule has 3 rings (SSSR count). The van der Waals surface area contributed by atoms with Crippen LogP contribution in [0.2, 0.25) is 0 Å². The normalized spacial score (nSPS) is 16.9. The molecule has 1 aromatic carbocycles. The largest absolute Gasteiger partial charge is 0.381 e. The molecular formula is C21H33N3O3S. The molecule has 0 amide bonds. The van der Waals surface area contributed by atoms with Crippen LogP contribution < -0.4 is 0 Å². The third-order valence-electron chi connectivity index (χ3n) is 5.52. The topological polar surface area (TPSA) is 64.4 Å². The maximum atomic E-state index is 12.9. The van der Waals surface area contributed by atoms with E-state index in [1.165, 1.54) is 4.31 Å². The Hall–Kier alpha value is -1.44. The van der Waals surface area contributed by atoms with Crippen molar-refractivity contribution >= 4 is 21.1 Å². The molecule has 0 radical (unpaired) electrons. The van der Waals surface area contributed by atoms with Gasteiger partial charge in [0.05, 0.1) is 15.9 Å². The van der Waals surface area contributed by atoms with Gasteiger partial charge in [-0.25, -0.2) is 13.4 Å². The quantitative estimate of drug-likeness (QED) is 0.731. The van der Waals surface area contributed by atoms with Crippen LogP contribution in [-0.4, -0.2) is 48.6 Å². The fourth-order valence-electron chi connectivity index (χ4n) is 3.93. The van der Waals surface area contributed by atoms with E-state index in [4.69, 9.17) is 9.72 Å². The summed E-state index contributed by atoms with van der Waals surface area (Å²) in [6.07, 6.45) is 2.11. The van der Waals surface area contributed by atoms with Crippen molar-refractivity contribution < 1.29 is 13.2 Å². The minimum atomic E-state index is -3.49. The maximum Gasteiger partial charge on any atom is 0.243 e. The van der Waals surface area contributed by atoms with Crippen molar-refractivity contribution in [3.8, 4) is 0 Å². The number of benzene rings is 1. The van der Waals surface area contributed by atoms with Crippen molar-refractivity contribution in [3.05, 3.63) is 24.0 Å². The third kappa shape index (κ3) is 4.11. The van der Waals surface area contributed by atoms with Crippen LogP contribution in [0.1, 0.15) is 53.3 Å². The fraction of sp³-hybridized carbons (Fsp3) is 0.667. The number of rotatable bonds is 6. The summed E-state index contributed by atoms with van der Waals surface area (Å²) in [6, 6.07) is 5.39. The van der Waals surface area contributed by atoms with E-state index < -0.39 is 10.0 Å². The van der Waals surface area contributed by atoms with Gasteiger partial charge in [-0.15, -0.1) is 0 Å². The van der Waals surface area contributed by atoms with Gasteiger partial charge in [-0.1, -0.05) is 34.6 Å². The van der Waals surface area contributed by atoms with Crippen LogP contribution in [0, 0.1) is 5.92 Å². The molecule has 0 spiro atoms. The highest BCUT2D eigenvalue weighted by Gasteiger charge is 2.27. The van der Waals surface area contributed by atoms with Crippen LogP contribution >= 0.6 is 0 Å². The molecule has 0 unspecified atom stereocenters. The van der Waals surface area contributed by atoms with E-state index in [1.54, 1.807) is 12.1 Å².